The Morgan fingerprint density at radius 1 is 1.16 bits per heavy atom. The molecule has 1 heterocycles. The molecular formula is C20H22N3O8P. The Labute approximate surface area is 182 Å². The Balaban J connectivity index is 1.67. The molecule has 3 rings (SSSR count). The number of carboxylic acids is 1. The molecule has 2 atom stereocenters. The molecule has 170 valence electrons. The summed E-state index contributed by atoms with van der Waals surface area (Å²) in [5.74, 6) is -3.02. The minimum absolute atomic E-state index is 0.192. The summed E-state index contributed by atoms with van der Waals surface area (Å²) in [5, 5.41) is 22.7. The Kier molecular flexibility index (Phi) is 6.85. The number of para-hydroxylation sites is 1. The summed E-state index contributed by atoms with van der Waals surface area (Å²) in [6.07, 6.45) is 1.73. The van der Waals surface area contributed by atoms with Gasteiger partial charge in [-0.3, -0.25) is 14.6 Å². The Morgan fingerprint density at radius 2 is 1.88 bits per heavy atom. The third-order valence-electron chi connectivity index (χ3n) is 4.75. The van der Waals surface area contributed by atoms with Gasteiger partial charge in [-0.15, -0.1) is 0 Å². The van der Waals surface area contributed by atoms with Gasteiger partial charge in [0.25, 0.3) is 0 Å². The van der Waals surface area contributed by atoms with Crippen LogP contribution in [0.15, 0.2) is 48.7 Å². The quantitative estimate of drug-likeness (QED) is 0.227. The molecule has 0 aliphatic carbocycles. The number of phenolic OH excluding ortho intramolecular Hbond substituents is 1. The van der Waals surface area contributed by atoms with Gasteiger partial charge in [0.1, 0.15) is 6.04 Å². The average Bonchev–Trinajstić information content (AvgIpc) is 3.11. The third kappa shape index (κ3) is 5.86. The molecule has 0 fully saturated rings. The van der Waals surface area contributed by atoms with Crippen LogP contribution in [0.5, 0.6) is 11.5 Å². The summed E-state index contributed by atoms with van der Waals surface area (Å²) < 4.78 is 15.2. The summed E-state index contributed by atoms with van der Waals surface area (Å²) in [6, 6.07) is 8.67. The van der Waals surface area contributed by atoms with Crippen LogP contribution in [0.2, 0.25) is 0 Å². The Hall–Kier alpha value is -3.37. The number of nitrogens with one attached hydrogen (secondary N) is 2. The normalized spacial score (nSPS) is 13.5. The highest BCUT2D eigenvalue weighted by Gasteiger charge is 2.25. The molecule has 0 saturated heterocycles. The van der Waals surface area contributed by atoms with Gasteiger partial charge >= 0.3 is 13.8 Å². The monoisotopic (exact) mass is 463 g/mol. The van der Waals surface area contributed by atoms with E-state index in [0.717, 1.165) is 28.6 Å². The lowest BCUT2D eigenvalue weighted by atomic mass is 10.0. The maximum atomic E-state index is 12.5. The van der Waals surface area contributed by atoms with Crippen molar-refractivity contribution in [1.29, 1.82) is 0 Å². The summed E-state index contributed by atoms with van der Waals surface area (Å²) >= 11 is 0. The fraction of sp³-hybridized carbons (Fsp3) is 0.200. The number of phosphoric ester groups is 1. The number of hydrogen-bond donors (Lipinski definition) is 7. The number of aromatic nitrogens is 1. The number of benzene rings is 2. The van der Waals surface area contributed by atoms with Gasteiger partial charge < -0.3 is 30.8 Å². The van der Waals surface area contributed by atoms with E-state index in [1.54, 1.807) is 6.20 Å². The third-order valence-corrected chi connectivity index (χ3v) is 5.18. The van der Waals surface area contributed by atoms with E-state index in [2.05, 4.69) is 14.8 Å². The Morgan fingerprint density at radius 3 is 2.53 bits per heavy atom. The largest absolute Gasteiger partial charge is 0.524 e. The molecule has 1 amide bonds. The van der Waals surface area contributed by atoms with Crippen LogP contribution in [-0.4, -0.2) is 48.9 Å². The zero-order valence-corrected chi connectivity index (χ0v) is 17.5. The molecule has 0 saturated carbocycles. The number of amides is 1. The molecule has 8 N–H and O–H groups in total. The predicted octanol–water partition coefficient (Wildman–Crippen LogP) is 1.03. The van der Waals surface area contributed by atoms with E-state index in [0.29, 0.717) is 5.56 Å². The second-order valence-electron chi connectivity index (χ2n) is 7.16. The summed E-state index contributed by atoms with van der Waals surface area (Å²) in [6.45, 7) is 0. The minimum Gasteiger partial charge on any atom is -0.504 e. The number of aliphatic carboxylic acids is 1. The van der Waals surface area contributed by atoms with Crippen molar-refractivity contribution in [1.82, 2.24) is 10.3 Å². The molecule has 0 aliphatic heterocycles. The van der Waals surface area contributed by atoms with Crippen LogP contribution in [0.4, 0.5) is 0 Å². The fourth-order valence-electron chi connectivity index (χ4n) is 3.24. The van der Waals surface area contributed by atoms with Crippen molar-refractivity contribution >= 4 is 30.6 Å². The number of nitrogens with two attached hydrogens (primary N) is 1. The second-order valence-corrected chi connectivity index (χ2v) is 8.32. The molecule has 0 spiro atoms. The standard InChI is InChI=1S/C20H22N3O8P/c21-14(9-12-10-22-15-4-2-1-3-13(12)15)19(25)23-16(20(26)27)7-11-5-6-18(17(24)8-11)31-32(28,29)30/h1-6,8,10,14,16,22,24H,7,9,21H2,(H,23,25)(H,26,27)(H2,28,29,30)/t14-,16-/m0/s1. The lowest BCUT2D eigenvalue weighted by Crippen LogP contribution is -2.50. The highest BCUT2D eigenvalue weighted by Crippen LogP contribution is 2.41. The van der Waals surface area contributed by atoms with Gasteiger partial charge in [-0.1, -0.05) is 24.3 Å². The van der Waals surface area contributed by atoms with Crippen LogP contribution in [0.3, 0.4) is 0 Å². The van der Waals surface area contributed by atoms with Crippen LogP contribution >= 0.6 is 7.82 Å². The topological polar surface area (TPSA) is 195 Å². The Bertz CT molecular complexity index is 1190. The maximum absolute atomic E-state index is 12.5. The molecule has 32 heavy (non-hydrogen) atoms. The van der Waals surface area contributed by atoms with Crippen LogP contribution in [0.25, 0.3) is 10.9 Å². The summed E-state index contributed by atoms with van der Waals surface area (Å²) in [4.78, 5) is 44.9. The van der Waals surface area contributed by atoms with E-state index in [9.17, 15) is 24.4 Å². The van der Waals surface area contributed by atoms with Gasteiger partial charge in [-0.2, -0.15) is 0 Å². The number of carboxylic acid groups (broad SMARTS) is 1. The molecule has 0 bridgehead atoms. The number of carbonyl (C=O) groups is 2. The average molecular weight is 463 g/mol. The molecule has 0 radical (unpaired) electrons. The molecule has 0 unspecified atom stereocenters. The number of H-pyrrole nitrogens is 1. The number of phenols is 1. The van der Waals surface area contributed by atoms with Gasteiger partial charge in [-0.05, 0) is 35.7 Å². The van der Waals surface area contributed by atoms with E-state index in [1.165, 1.54) is 6.07 Å². The van der Waals surface area contributed by atoms with Crippen molar-refractivity contribution in [3.63, 3.8) is 0 Å². The first-order valence-electron chi connectivity index (χ1n) is 9.44. The first kappa shape index (κ1) is 23.3. The van der Waals surface area contributed by atoms with Gasteiger partial charge in [0.2, 0.25) is 5.91 Å². The van der Waals surface area contributed by atoms with Crippen molar-refractivity contribution in [2.45, 2.75) is 24.9 Å². The zero-order valence-electron chi connectivity index (χ0n) is 16.6. The molecule has 0 aliphatic rings. The number of carbonyl (C=O) groups excluding carboxylic acids is 1. The summed E-state index contributed by atoms with van der Waals surface area (Å²) in [7, 11) is -4.87. The first-order valence-corrected chi connectivity index (χ1v) is 11.0. The van der Waals surface area contributed by atoms with E-state index < -0.39 is 43.3 Å². The van der Waals surface area contributed by atoms with Gasteiger partial charge in [0.15, 0.2) is 11.5 Å². The van der Waals surface area contributed by atoms with Gasteiger partial charge in [0, 0.05) is 23.5 Å². The lowest BCUT2D eigenvalue weighted by Gasteiger charge is -2.18. The van der Waals surface area contributed by atoms with Crippen molar-refractivity contribution in [3.8, 4) is 11.5 Å². The minimum atomic E-state index is -4.87. The molecule has 11 nitrogen and oxygen atoms in total. The molecular weight excluding hydrogens is 441 g/mol. The molecule has 12 heteroatoms. The van der Waals surface area contributed by atoms with E-state index in [-0.39, 0.29) is 12.8 Å². The SMILES string of the molecule is N[C@@H](Cc1c[nH]c2ccccc12)C(=O)N[C@@H](Cc1ccc(OP(=O)(O)O)c(O)c1)C(=O)O. The first-order chi connectivity index (χ1) is 15.0. The number of aromatic hydroxyl groups is 1. The van der Waals surface area contributed by atoms with Gasteiger partial charge in [-0.25, -0.2) is 9.36 Å². The van der Waals surface area contributed by atoms with E-state index in [1.807, 2.05) is 24.3 Å². The number of rotatable bonds is 9. The van der Waals surface area contributed by atoms with E-state index in [4.69, 9.17) is 15.5 Å². The van der Waals surface area contributed by atoms with Crippen molar-refractivity contribution in [2.75, 3.05) is 0 Å². The number of fused-ring (bicyclic) bond motifs is 1. The van der Waals surface area contributed by atoms with Gasteiger partial charge in [0.05, 0.1) is 6.04 Å². The fourth-order valence-corrected chi connectivity index (χ4v) is 3.65. The highest BCUT2D eigenvalue weighted by molar-refractivity contribution is 7.46. The molecule has 2 aromatic carbocycles. The van der Waals surface area contributed by atoms with Crippen molar-refractivity contribution < 1.29 is 38.7 Å². The molecule has 1 aromatic heterocycles. The number of phosphoric acid groups is 1. The van der Waals surface area contributed by atoms with Crippen LogP contribution in [-0.2, 0) is 27.0 Å². The second kappa shape index (κ2) is 9.41. The van der Waals surface area contributed by atoms with Crippen LogP contribution < -0.4 is 15.6 Å². The van der Waals surface area contributed by atoms with Crippen molar-refractivity contribution in [2.24, 2.45) is 5.73 Å². The van der Waals surface area contributed by atoms with Crippen molar-refractivity contribution in [3.05, 3.63) is 59.8 Å². The zero-order chi connectivity index (χ0) is 23.5. The molecule has 3 aromatic rings. The van der Waals surface area contributed by atoms with Crippen LogP contribution in [0.1, 0.15) is 11.1 Å². The smallest absolute Gasteiger partial charge is 0.504 e. The predicted molar refractivity (Wildman–Crippen MR) is 114 cm³/mol. The highest BCUT2D eigenvalue weighted by atomic mass is 31.2. The lowest BCUT2D eigenvalue weighted by molar-refractivity contribution is -0.141. The van der Waals surface area contributed by atoms with Crippen LogP contribution in [0, 0.1) is 0 Å². The number of hydrogen-bond acceptors (Lipinski definition) is 6. The maximum Gasteiger partial charge on any atom is 0.524 e. The van der Waals surface area contributed by atoms with E-state index >= 15 is 0 Å². The number of aromatic amines is 1. The summed E-state index contributed by atoms with van der Waals surface area (Å²) in [5.41, 5.74) is 8.00.